The van der Waals surface area contributed by atoms with E-state index in [1.54, 1.807) is 18.5 Å². The van der Waals surface area contributed by atoms with Crippen LogP contribution in [0.2, 0.25) is 0 Å². The molecule has 21 heavy (non-hydrogen) atoms. The van der Waals surface area contributed by atoms with E-state index in [1.807, 2.05) is 19.0 Å². The molecule has 0 aliphatic carbocycles. The van der Waals surface area contributed by atoms with Crippen LogP contribution in [0.4, 0.5) is 20.4 Å². The lowest BCUT2D eigenvalue weighted by atomic mass is 10.3. The molecule has 0 saturated heterocycles. The molecular weight excluding hydrogens is 280 g/mol. The molecule has 0 atom stereocenters. The van der Waals surface area contributed by atoms with Crippen molar-refractivity contribution in [3.63, 3.8) is 0 Å². The summed E-state index contributed by atoms with van der Waals surface area (Å²) in [6.07, 6.45) is 4.45. The molecule has 2 rings (SSSR count). The molecule has 0 aliphatic heterocycles. The van der Waals surface area contributed by atoms with E-state index in [0.717, 1.165) is 0 Å². The lowest BCUT2D eigenvalue weighted by Gasteiger charge is -2.15. The topological polar surface area (TPSA) is 63.2 Å². The SMILES string of the molecule is CN(C)c1nccnc1NCc1ccc(OC(F)F)cn1. The second kappa shape index (κ2) is 6.78. The largest absolute Gasteiger partial charge is 0.433 e. The number of halogens is 2. The Bertz CT molecular complexity index is 577. The van der Waals surface area contributed by atoms with Gasteiger partial charge in [-0.1, -0.05) is 0 Å². The first-order chi connectivity index (χ1) is 10.1. The zero-order valence-electron chi connectivity index (χ0n) is 11.6. The van der Waals surface area contributed by atoms with Crippen molar-refractivity contribution in [2.24, 2.45) is 0 Å². The Morgan fingerprint density at radius 1 is 1.19 bits per heavy atom. The number of anilines is 2. The second-order valence-corrected chi connectivity index (χ2v) is 4.34. The highest BCUT2D eigenvalue weighted by atomic mass is 19.3. The van der Waals surface area contributed by atoms with E-state index in [1.165, 1.54) is 12.3 Å². The Kier molecular flexibility index (Phi) is 4.81. The maximum atomic E-state index is 12.0. The lowest BCUT2D eigenvalue weighted by Crippen LogP contribution is -2.15. The Morgan fingerprint density at radius 2 is 1.95 bits per heavy atom. The lowest BCUT2D eigenvalue weighted by molar-refractivity contribution is -0.0500. The molecule has 0 radical (unpaired) electrons. The van der Waals surface area contributed by atoms with E-state index in [9.17, 15) is 8.78 Å². The van der Waals surface area contributed by atoms with Gasteiger partial charge in [0.1, 0.15) is 5.75 Å². The molecule has 0 amide bonds. The fourth-order valence-electron chi connectivity index (χ4n) is 1.65. The van der Waals surface area contributed by atoms with Crippen molar-refractivity contribution in [2.45, 2.75) is 13.2 Å². The van der Waals surface area contributed by atoms with Gasteiger partial charge in [0.2, 0.25) is 0 Å². The molecule has 8 heteroatoms. The van der Waals surface area contributed by atoms with Gasteiger partial charge in [-0.2, -0.15) is 8.78 Å². The van der Waals surface area contributed by atoms with Gasteiger partial charge >= 0.3 is 6.61 Å². The van der Waals surface area contributed by atoms with E-state index in [-0.39, 0.29) is 5.75 Å². The van der Waals surface area contributed by atoms with Gasteiger partial charge in [0, 0.05) is 26.5 Å². The normalized spacial score (nSPS) is 10.5. The highest BCUT2D eigenvalue weighted by Crippen LogP contribution is 2.18. The summed E-state index contributed by atoms with van der Waals surface area (Å²) in [5, 5.41) is 3.10. The first kappa shape index (κ1) is 14.9. The first-order valence-electron chi connectivity index (χ1n) is 6.18. The predicted octanol–water partition coefficient (Wildman–Crippen LogP) is 2.15. The van der Waals surface area contributed by atoms with Crippen molar-refractivity contribution in [3.8, 4) is 5.75 Å². The maximum absolute atomic E-state index is 12.0. The van der Waals surface area contributed by atoms with Gasteiger partial charge < -0.3 is 15.0 Å². The number of hydrogen-bond donors (Lipinski definition) is 1. The van der Waals surface area contributed by atoms with Gasteiger partial charge in [-0.15, -0.1) is 0 Å². The third-order valence-electron chi connectivity index (χ3n) is 2.56. The third kappa shape index (κ3) is 4.23. The van der Waals surface area contributed by atoms with Crippen molar-refractivity contribution in [3.05, 3.63) is 36.4 Å². The molecule has 6 nitrogen and oxygen atoms in total. The molecule has 0 unspecified atom stereocenters. The number of aromatic nitrogens is 3. The van der Waals surface area contributed by atoms with Crippen LogP contribution in [-0.2, 0) is 6.54 Å². The molecule has 0 spiro atoms. The standard InChI is InChI=1S/C13H15F2N5O/c1-20(2)12-11(16-5-6-17-12)19-7-9-3-4-10(8-18-9)21-13(14)15/h3-6,8,13H,7H2,1-2H3,(H,16,19). The summed E-state index contributed by atoms with van der Waals surface area (Å²) in [6, 6.07) is 3.05. The van der Waals surface area contributed by atoms with E-state index in [0.29, 0.717) is 23.9 Å². The third-order valence-corrected chi connectivity index (χ3v) is 2.56. The van der Waals surface area contributed by atoms with E-state index >= 15 is 0 Å². The van der Waals surface area contributed by atoms with Gasteiger partial charge in [-0.3, -0.25) is 4.98 Å². The van der Waals surface area contributed by atoms with Crippen molar-refractivity contribution in [1.29, 1.82) is 0 Å². The summed E-state index contributed by atoms with van der Waals surface area (Å²) in [4.78, 5) is 14.3. The van der Waals surface area contributed by atoms with Gasteiger partial charge in [0.05, 0.1) is 18.4 Å². The van der Waals surface area contributed by atoms with Crippen LogP contribution < -0.4 is 15.0 Å². The van der Waals surface area contributed by atoms with Gasteiger partial charge in [-0.25, -0.2) is 9.97 Å². The zero-order chi connectivity index (χ0) is 15.2. The number of rotatable bonds is 6. The Labute approximate surface area is 120 Å². The van der Waals surface area contributed by atoms with Crippen LogP contribution in [0.25, 0.3) is 0 Å². The molecule has 0 saturated carbocycles. The summed E-state index contributed by atoms with van der Waals surface area (Å²) >= 11 is 0. The van der Waals surface area contributed by atoms with Crippen molar-refractivity contribution in [2.75, 3.05) is 24.3 Å². The summed E-state index contributed by atoms with van der Waals surface area (Å²) in [5.74, 6) is 1.36. The minimum Gasteiger partial charge on any atom is -0.433 e. The smallest absolute Gasteiger partial charge is 0.387 e. The van der Waals surface area contributed by atoms with Crippen LogP contribution in [0, 0.1) is 0 Å². The molecule has 1 N–H and O–H groups in total. The molecule has 112 valence electrons. The number of pyridine rings is 1. The number of hydrogen-bond acceptors (Lipinski definition) is 6. The highest BCUT2D eigenvalue weighted by Gasteiger charge is 2.08. The van der Waals surface area contributed by atoms with Gasteiger partial charge in [0.15, 0.2) is 11.6 Å². The Hall–Kier alpha value is -2.51. The average Bonchev–Trinajstić information content (AvgIpc) is 2.46. The van der Waals surface area contributed by atoms with Crippen molar-refractivity contribution < 1.29 is 13.5 Å². The summed E-state index contributed by atoms with van der Waals surface area (Å²) in [6.45, 7) is -2.45. The molecule has 0 aliphatic rings. The Morgan fingerprint density at radius 3 is 2.57 bits per heavy atom. The quantitative estimate of drug-likeness (QED) is 0.881. The highest BCUT2D eigenvalue weighted by molar-refractivity contribution is 5.59. The summed E-state index contributed by atoms with van der Waals surface area (Å²) < 4.78 is 28.3. The molecular formula is C13H15F2N5O. The minimum atomic E-state index is -2.85. The summed E-state index contributed by atoms with van der Waals surface area (Å²) in [5.41, 5.74) is 0.673. The molecule has 2 aromatic heterocycles. The molecule has 2 heterocycles. The van der Waals surface area contributed by atoms with Crippen LogP contribution in [0.5, 0.6) is 5.75 Å². The number of ether oxygens (including phenoxy) is 1. The van der Waals surface area contributed by atoms with Crippen LogP contribution in [0.15, 0.2) is 30.7 Å². The average molecular weight is 295 g/mol. The molecule has 2 aromatic rings. The van der Waals surface area contributed by atoms with Crippen LogP contribution >= 0.6 is 0 Å². The van der Waals surface area contributed by atoms with Gasteiger partial charge in [0.25, 0.3) is 0 Å². The van der Waals surface area contributed by atoms with Crippen molar-refractivity contribution >= 4 is 11.6 Å². The maximum Gasteiger partial charge on any atom is 0.387 e. The number of alkyl halides is 2. The number of nitrogens with one attached hydrogen (secondary N) is 1. The van der Waals surface area contributed by atoms with E-state index in [2.05, 4.69) is 25.0 Å². The molecule has 0 aromatic carbocycles. The van der Waals surface area contributed by atoms with Gasteiger partial charge in [-0.05, 0) is 12.1 Å². The first-order valence-corrected chi connectivity index (χ1v) is 6.18. The number of nitrogens with zero attached hydrogens (tertiary/aromatic N) is 4. The monoisotopic (exact) mass is 295 g/mol. The second-order valence-electron chi connectivity index (χ2n) is 4.34. The molecule has 0 bridgehead atoms. The van der Waals surface area contributed by atoms with Crippen molar-refractivity contribution in [1.82, 2.24) is 15.0 Å². The molecule has 0 fully saturated rings. The Balaban J connectivity index is 2.00. The summed E-state index contributed by atoms with van der Waals surface area (Å²) in [7, 11) is 3.73. The van der Waals surface area contributed by atoms with E-state index < -0.39 is 6.61 Å². The predicted molar refractivity (Wildman–Crippen MR) is 74.6 cm³/mol. The fraction of sp³-hybridized carbons (Fsp3) is 0.308. The van der Waals surface area contributed by atoms with Crippen LogP contribution in [0.3, 0.4) is 0 Å². The fourth-order valence-corrected chi connectivity index (χ4v) is 1.65. The zero-order valence-corrected chi connectivity index (χ0v) is 11.6. The minimum absolute atomic E-state index is 0.0298. The van der Waals surface area contributed by atoms with Crippen LogP contribution in [-0.4, -0.2) is 35.7 Å². The van der Waals surface area contributed by atoms with Crippen LogP contribution in [0.1, 0.15) is 5.69 Å². The van der Waals surface area contributed by atoms with E-state index in [4.69, 9.17) is 0 Å².